The minimum Gasteiger partial charge on any atom is -0.445 e. The monoisotopic (exact) mass is 322 g/mol. The molecule has 0 fully saturated rings. The van der Waals surface area contributed by atoms with Crippen LogP contribution in [0, 0.1) is 11.3 Å². The first kappa shape index (κ1) is 17.6. The van der Waals surface area contributed by atoms with Gasteiger partial charge in [0.15, 0.2) is 0 Å². The van der Waals surface area contributed by atoms with E-state index < -0.39 is 0 Å². The van der Waals surface area contributed by atoms with Crippen LogP contribution < -0.4 is 0 Å². The number of hydrogen-bond donors (Lipinski definition) is 0. The van der Waals surface area contributed by atoms with E-state index in [1.54, 1.807) is 11.0 Å². The van der Waals surface area contributed by atoms with E-state index >= 15 is 0 Å². The lowest BCUT2D eigenvalue weighted by Gasteiger charge is -2.22. The highest BCUT2D eigenvalue weighted by atomic mass is 16.6. The third kappa shape index (κ3) is 5.44. The Bertz CT molecular complexity index is 692. The summed E-state index contributed by atoms with van der Waals surface area (Å²) in [5.74, 6) is 0. The average molecular weight is 322 g/mol. The van der Waals surface area contributed by atoms with E-state index in [1.807, 2.05) is 48.5 Å². The maximum atomic E-state index is 12.4. The van der Waals surface area contributed by atoms with Crippen LogP contribution in [0.3, 0.4) is 0 Å². The number of nitriles is 1. The van der Waals surface area contributed by atoms with Gasteiger partial charge in [0.05, 0.1) is 11.6 Å². The molecule has 0 atom stereocenters. The maximum Gasteiger partial charge on any atom is 0.410 e. The molecule has 4 nitrogen and oxygen atoms in total. The Morgan fingerprint density at radius 1 is 1.12 bits per heavy atom. The molecular weight excluding hydrogens is 300 g/mol. The summed E-state index contributed by atoms with van der Waals surface area (Å²) in [4.78, 5) is 14.1. The summed E-state index contributed by atoms with van der Waals surface area (Å²) in [7, 11) is 0. The van der Waals surface area contributed by atoms with Gasteiger partial charge in [-0.3, -0.25) is 0 Å². The van der Waals surface area contributed by atoms with E-state index in [0.717, 1.165) is 24.0 Å². The highest BCUT2D eigenvalue weighted by Gasteiger charge is 2.15. The number of rotatable bonds is 7. The van der Waals surface area contributed by atoms with Crippen LogP contribution in [0.4, 0.5) is 4.79 Å². The molecule has 0 N–H and O–H groups in total. The Balaban J connectivity index is 2.00. The second kappa shape index (κ2) is 9.36. The quantitative estimate of drug-likeness (QED) is 0.754. The molecule has 0 saturated carbocycles. The van der Waals surface area contributed by atoms with Crippen LogP contribution in [0.2, 0.25) is 0 Å². The Kier molecular flexibility index (Phi) is 6.85. The van der Waals surface area contributed by atoms with Crippen LogP contribution in [0.5, 0.6) is 0 Å². The van der Waals surface area contributed by atoms with Crippen molar-refractivity contribution >= 4 is 6.09 Å². The van der Waals surface area contributed by atoms with Crippen LogP contribution in [0.25, 0.3) is 0 Å². The van der Waals surface area contributed by atoms with Gasteiger partial charge in [0.1, 0.15) is 6.61 Å². The number of ether oxygens (including phenoxy) is 1. The van der Waals surface area contributed by atoms with E-state index in [1.165, 1.54) is 0 Å². The molecule has 2 aromatic carbocycles. The molecule has 0 aliphatic carbocycles. The second-order valence-corrected chi connectivity index (χ2v) is 5.63. The first-order chi connectivity index (χ1) is 11.7. The standard InChI is InChI=1S/C20H22N2O2/c1-2-3-12-22(15-19-11-7-10-18(13-19)14-21)20(23)24-16-17-8-5-4-6-9-17/h4-11,13H,2-3,12,15-16H2,1H3. The van der Waals surface area contributed by atoms with Gasteiger partial charge in [0, 0.05) is 13.1 Å². The molecule has 124 valence electrons. The number of benzene rings is 2. The van der Waals surface area contributed by atoms with Gasteiger partial charge in [0.25, 0.3) is 0 Å². The summed E-state index contributed by atoms with van der Waals surface area (Å²) in [5.41, 5.74) is 2.50. The van der Waals surface area contributed by atoms with Crippen molar-refractivity contribution in [1.82, 2.24) is 4.90 Å². The highest BCUT2D eigenvalue weighted by molar-refractivity contribution is 5.67. The van der Waals surface area contributed by atoms with Crippen LogP contribution in [-0.4, -0.2) is 17.5 Å². The summed E-state index contributed by atoms with van der Waals surface area (Å²) >= 11 is 0. The van der Waals surface area contributed by atoms with Crippen LogP contribution in [-0.2, 0) is 17.9 Å². The number of carbonyl (C=O) groups is 1. The molecule has 0 spiro atoms. The zero-order chi connectivity index (χ0) is 17.2. The van der Waals surface area contributed by atoms with Gasteiger partial charge in [-0.05, 0) is 29.7 Å². The molecule has 24 heavy (non-hydrogen) atoms. The lowest BCUT2D eigenvalue weighted by molar-refractivity contribution is 0.0931. The van der Waals surface area contributed by atoms with Gasteiger partial charge in [-0.25, -0.2) is 4.79 Å². The number of unbranched alkanes of at least 4 members (excludes halogenated alkanes) is 1. The number of hydrogen-bond acceptors (Lipinski definition) is 3. The molecule has 0 bridgehead atoms. The predicted molar refractivity (Wildman–Crippen MR) is 93.1 cm³/mol. The topological polar surface area (TPSA) is 53.3 Å². The molecule has 0 aliphatic heterocycles. The van der Waals surface area contributed by atoms with Crippen molar-refractivity contribution in [2.24, 2.45) is 0 Å². The summed E-state index contributed by atoms with van der Waals surface area (Å²) in [6.07, 6.45) is 1.59. The van der Waals surface area contributed by atoms with Crippen molar-refractivity contribution in [1.29, 1.82) is 5.26 Å². The second-order valence-electron chi connectivity index (χ2n) is 5.63. The highest BCUT2D eigenvalue weighted by Crippen LogP contribution is 2.11. The van der Waals surface area contributed by atoms with Crippen molar-refractivity contribution < 1.29 is 9.53 Å². The molecular formula is C20H22N2O2. The van der Waals surface area contributed by atoms with Crippen molar-refractivity contribution in [2.45, 2.75) is 32.9 Å². The van der Waals surface area contributed by atoms with Crippen LogP contribution >= 0.6 is 0 Å². The SMILES string of the molecule is CCCCN(Cc1cccc(C#N)c1)C(=O)OCc1ccccc1. The van der Waals surface area contributed by atoms with Gasteiger partial charge in [-0.15, -0.1) is 0 Å². The molecule has 0 radical (unpaired) electrons. The van der Waals surface area contributed by atoms with Gasteiger partial charge in [-0.2, -0.15) is 5.26 Å². The van der Waals surface area contributed by atoms with Gasteiger partial charge >= 0.3 is 6.09 Å². The van der Waals surface area contributed by atoms with Gasteiger partial charge < -0.3 is 9.64 Å². The summed E-state index contributed by atoms with van der Waals surface area (Å²) in [6.45, 7) is 3.44. The van der Waals surface area contributed by atoms with E-state index in [-0.39, 0.29) is 12.7 Å². The third-order valence-corrected chi connectivity index (χ3v) is 3.67. The number of amides is 1. The van der Waals surface area contributed by atoms with Crippen molar-refractivity contribution in [3.8, 4) is 6.07 Å². The van der Waals surface area contributed by atoms with E-state index in [4.69, 9.17) is 10.00 Å². The molecule has 0 unspecified atom stereocenters. The molecule has 4 heteroatoms. The third-order valence-electron chi connectivity index (χ3n) is 3.67. The largest absolute Gasteiger partial charge is 0.445 e. The molecule has 2 rings (SSSR count). The summed E-state index contributed by atoms with van der Waals surface area (Å²) in [6, 6.07) is 19.1. The minimum atomic E-state index is -0.324. The molecule has 1 amide bonds. The van der Waals surface area contributed by atoms with Gasteiger partial charge in [-0.1, -0.05) is 55.8 Å². The van der Waals surface area contributed by atoms with Gasteiger partial charge in [0.2, 0.25) is 0 Å². The van der Waals surface area contributed by atoms with Crippen LogP contribution in [0.1, 0.15) is 36.5 Å². The Labute approximate surface area is 143 Å². The Morgan fingerprint density at radius 2 is 1.88 bits per heavy atom. The summed E-state index contributed by atoms with van der Waals surface area (Å²) in [5, 5.41) is 9.00. The van der Waals surface area contributed by atoms with Crippen LogP contribution in [0.15, 0.2) is 54.6 Å². The lowest BCUT2D eigenvalue weighted by atomic mass is 10.1. The normalized spacial score (nSPS) is 10.0. The first-order valence-corrected chi connectivity index (χ1v) is 8.17. The van der Waals surface area contributed by atoms with Crippen molar-refractivity contribution in [2.75, 3.05) is 6.54 Å². The maximum absolute atomic E-state index is 12.4. The van der Waals surface area contributed by atoms with E-state index in [2.05, 4.69) is 13.0 Å². The zero-order valence-corrected chi connectivity index (χ0v) is 13.9. The summed E-state index contributed by atoms with van der Waals surface area (Å²) < 4.78 is 5.44. The average Bonchev–Trinajstić information content (AvgIpc) is 2.64. The molecule has 0 heterocycles. The first-order valence-electron chi connectivity index (χ1n) is 8.17. The number of nitrogens with zero attached hydrogens (tertiary/aromatic N) is 2. The predicted octanol–water partition coefficient (Wildman–Crippen LogP) is 4.50. The van der Waals surface area contributed by atoms with E-state index in [0.29, 0.717) is 18.7 Å². The fraction of sp³-hybridized carbons (Fsp3) is 0.300. The van der Waals surface area contributed by atoms with Crippen molar-refractivity contribution in [3.63, 3.8) is 0 Å². The molecule has 2 aromatic rings. The van der Waals surface area contributed by atoms with Crippen molar-refractivity contribution in [3.05, 3.63) is 71.3 Å². The smallest absolute Gasteiger partial charge is 0.410 e. The molecule has 0 aliphatic rings. The molecule has 0 saturated heterocycles. The zero-order valence-electron chi connectivity index (χ0n) is 13.9. The minimum absolute atomic E-state index is 0.264. The number of carbonyl (C=O) groups excluding carboxylic acids is 1. The fourth-order valence-corrected chi connectivity index (χ4v) is 2.35. The Hall–Kier alpha value is -2.80. The van der Waals surface area contributed by atoms with E-state index in [9.17, 15) is 4.79 Å². The Morgan fingerprint density at radius 3 is 2.58 bits per heavy atom. The molecule has 0 aromatic heterocycles. The lowest BCUT2D eigenvalue weighted by Crippen LogP contribution is -2.32. The fourth-order valence-electron chi connectivity index (χ4n) is 2.35.